The average Bonchev–Trinajstić information content (AvgIpc) is 2.21. The highest BCUT2D eigenvalue weighted by Crippen LogP contribution is 1.96. The van der Waals surface area contributed by atoms with Crippen molar-refractivity contribution in [2.45, 2.75) is 13.5 Å². The van der Waals surface area contributed by atoms with E-state index in [9.17, 15) is 9.59 Å². The van der Waals surface area contributed by atoms with Crippen LogP contribution in [0.1, 0.15) is 6.92 Å². The van der Waals surface area contributed by atoms with E-state index in [2.05, 4.69) is 15.7 Å². The number of amides is 1. The highest BCUT2D eigenvalue weighted by molar-refractivity contribution is 5.75. The lowest BCUT2D eigenvalue weighted by Gasteiger charge is -2.05. The molecule has 0 aromatic carbocycles. The minimum Gasteiger partial charge on any atom is -0.387 e. The Hall–Kier alpha value is -1.85. The Labute approximate surface area is 87.3 Å². The maximum absolute atomic E-state index is 11.4. The van der Waals surface area contributed by atoms with E-state index in [1.807, 2.05) is 6.92 Å². The van der Waals surface area contributed by atoms with Gasteiger partial charge < -0.3 is 10.6 Å². The van der Waals surface area contributed by atoms with Crippen molar-refractivity contribution in [1.29, 1.82) is 0 Å². The summed E-state index contributed by atoms with van der Waals surface area (Å²) in [6.07, 6.45) is 1.50. The summed E-state index contributed by atoms with van der Waals surface area (Å²) in [4.78, 5) is 22.6. The quantitative estimate of drug-likeness (QED) is 0.697. The number of hydrogen-bond donors (Lipinski definition) is 2. The van der Waals surface area contributed by atoms with Crippen LogP contribution in [0.15, 0.2) is 17.1 Å². The van der Waals surface area contributed by atoms with Gasteiger partial charge in [0.1, 0.15) is 6.54 Å². The largest absolute Gasteiger partial charge is 0.387 e. The topological polar surface area (TPSA) is 76.0 Å². The number of aromatic nitrogens is 2. The van der Waals surface area contributed by atoms with E-state index in [4.69, 9.17) is 0 Å². The van der Waals surface area contributed by atoms with Crippen LogP contribution in [0.2, 0.25) is 0 Å². The first-order valence-electron chi connectivity index (χ1n) is 4.69. The fraction of sp³-hybridized carbons (Fsp3) is 0.444. The molecule has 82 valence electrons. The summed E-state index contributed by atoms with van der Waals surface area (Å²) < 4.78 is 1.12. The molecule has 0 fully saturated rings. The zero-order valence-corrected chi connectivity index (χ0v) is 8.78. The minimum absolute atomic E-state index is 0.0450. The molecule has 0 saturated heterocycles. The normalized spacial score (nSPS) is 9.73. The van der Waals surface area contributed by atoms with Gasteiger partial charge >= 0.3 is 0 Å². The van der Waals surface area contributed by atoms with Gasteiger partial charge in [0, 0.05) is 19.7 Å². The Bertz CT molecular complexity index is 399. The van der Waals surface area contributed by atoms with Crippen LogP contribution in [-0.4, -0.2) is 29.3 Å². The molecule has 1 heterocycles. The lowest BCUT2D eigenvalue weighted by atomic mass is 10.4. The number of carbonyl (C=O) groups excluding carboxylic acids is 1. The molecule has 0 aliphatic carbocycles. The van der Waals surface area contributed by atoms with Gasteiger partial charge in [0.25, 0.3) is 5.56 Å². The van der Waals surface area contributed by atoms with Gasteiger partial charge in [-0.1, -0.05) is 0 Å². The van der Waals surface area contributed by atoms with Crippen LogP contribution in [-0.2, 0) is 11.3 Å². The first-order valence-corrected chi connectivity index (χ1v) is 4.69. The van der Waals surface area contributed by atoms with Gasteiger partial charge in [0.15, 0.2) is 0 Å². The fourth-order valence-electron chi connectivity index (χ4n) is 1.08. The molecule has 0 saturated carbocycles. The number of rotatable bonds is 4. The molecule has 0 radical (unpaired) electrons. The van der Waals surface area contributed by atoms with E-state index in [-0.39, 0.29) is 18.0 Å². The van der Waals surface area contributed by atoms with Crippen LogP contribution in [0.3, 0.4) is 0 Å². The Morgan fingerprint density at radius 1 is 1.60 bits per heavy atom. The number of likely N-dealkylation sites (N-methyl/N-ethyl adjacent to an activating group) is 1. The van der Waals surface area contributed by atoms with Crippen LogP contribution in [0.5, 0.6) is 0 Å². The third-order valence-corrected chi connectivity index (χ3v) is 1.83. The maximum atomic E-state index is 11.4. The Morgan fingerprint density at radius 2 is 2.33 bits per heavy atom. The number of nitrogens with zero attached hydrogens (tertiary/aromatic N) is 2. The van der Waals surface area contributed by atoms with Crippen LogP contribution in [0.25, 0.3) is 0 Å². The molecule has 1 amide bonds. The lowest BCUT2D eigenvalue weighted by Crippen LogP contribution is -2.33. The third kappa shape index (κ3) is 3.08. The summed E-state index contributed by atoms with van der Waals surface area (Å²) in [5.74, 6) is -0.218. The van der Waals surface area contributed by atoms with Crippen LogP contribution < -0.4 is 16.2 Å². The predicted molar refractivity (Wildman–Crippen MR) is 56.7 cm³/mol. The van der Waals surface area contributed by atoms with Gasteiger partial charge in [-0.3, -0.25) is 9.59 Å². The van der Waals surface area contributed by atoms with E-state index in [1.165, 1.54) is 12.3 Å². The molecule has 1 aromatic heterocycles. The first-order chi connectivity index (χ1) is 7.17. The summed E-state index contributed by atoms with van der Waals surface area (Å²) in [6.45, 7) is 2.32. The molecule has 6 heteroatoms. The van der Waals surface area contributed by atoms with Crippen molar-refractivity contribution in [2.75, 3.05) is 18.9 Å². The van der Waals surface area contributed by atoms with Crippen molar-refractivity contribution in [3.63, 3.8) is 0 Å². The van der Waals surface area contributed by atoms with Crippen LogP contribution in [0, 0.1) is 0 Å². The maximum Gasteiger partial charge on any atom is 0.269 e. The molecule has 0 unspecified atom stereocenters. The molecule has 1 rings (SSSR count). The molecule has 2 N–H and O–H groups in total. The van der Waals surface area contributed by atoms with Crippen molar-refractivity contribution in [3.05, 3.63) is 22.6 Å². The Morgan fingerprint density at radius 3 is 2.87 bits per heavy atom. The second kappa shape index (κ2) is 5.14. The summed E-state index contributed by atoms with van der Waals surface area (Å²) in [5, 5.41) is 9.24. The fourth-order valence-corrected chi connectivity index (χ4v) is 1.08. The summed E-state index contributed by atoms with van der Waals surface area (Å²) in [7, 11) is 1.70. The SMILES string of the molecule is CCNC(=O)Cn1ncc(NC)cc1=O. The first kappa shape index (κ1) is 11.2. The number of nitrogens with one attached hydrogen (secondary N) is 2. The molecule has 0 aliphatic heterocycles. The number of anilines is 1. The molecular weight excluding hydrogens is 196 g/mol. The zero-order valence-electron chi connectivity index (χ0n) is 8.78. The Kier molecular flexibility index (Phi) is 3.84. The minimum atomic E-state index is -0.298. The van der Waals surface area contributed by atoms with Gasteiger partial charge in [0.05, 0.1) is 11.9 Å². The van der Waals surface area contributed by atoms with Crippen molar-refractivity contribution in [1.82, 2.24) is 15.1 Å². The standard InChI is InChI=1S/C9H14N4O2/c1-3-11-8(14)6-13-9(15)4-7(10-2)5-12-13/h4-5,10H,3,6H2,1-2H3,(H,11,14). The molecule has 0 spiro atoms. The number of hydrogen-bond acceptors (Lipinski definition) is 4. The van der Waals surface area contributed by atoms with Crippen LogP contribution >= 0.6 is 0 Å². The van der Waals surface area contributed by atoms with E-state index in [0.717, 1.165) is 4.68 Å². The van der Waals surface area contributed by atoms with Crippen molar-refractivity contribution >= 4 is 11.6 Å². The average molecular weight is 210 g/mol. The summed E-state index contributed by atoms with van der Waals surface area (Å²) in [5.41, 5.74) is 0.334. The molecule has 6 nitrogen and oxygen atoms in total. The highest BCUT2D eigenvalue weighted by atomic mass is 16.2. The zero-order chi connectivity index (χ0) is 11.3. The van der Waals surface area contributed by atoms with E-state index in [0.29, 0.717) is 12.2 Å². The number of carbonyl (C=O) groups is 1. The van der Waals surface area contributed by atoms with Gasteiger partial charge in [0.2, 0.25) is 5.91 Å². The summed E-state index contributed by atoms with van der Waals surface area (Å²) in [6, 6.07) is 1.40. The van der Waals surface area contributed by atoms with Crippen molar-refractivity contribution in [2.24, 2.45) is 0 Å². The molecular formula is C9H14N4O2. The van der Waals surface area contributed by atoms with E-state index in [1.54, 1.807) is 7.05 Å². The van der Waals surface area contributed by atoms with Crippen molar-refractivity contribution in [3.8, 4) is 0 Å². The molecule has 1 aromatic rings. The smallest absolute Gasteiger partial charge is 0.269 e. The monoisotopic (exact) mass is 210 g/mol. The van der Waals surface area contributed by atoms with E-state index >= 15 is 0 Å². The molecule has 15 heavy (non-hydrogen) atoms. The second-order valence-corrected chi connectivity index (χ2v) is 2.94. The molecule has 0 bridgehead atoms. The molecule has 0 atom stereocenters. The van der Waals surface area contributed by atoms with Gasteiger partial charge in [-0.2, -0.15) is 5.10 Å². The van der Waals surface area contributed by atoms with Gasteiger partial charge in [-0.15, -0.1) is 0 Å². The van der Waals surface area contributed by atoms with Gasteiger partial charge in [-0.25, -0.2) is 4.68 Å². The van der Waals surface area contributed by atoms with Gasteiger partial charge in [-0.05, 0) is 6.92 Å². The van der Waals surface area contributed by atoms with Crippen LogP contribution in [0.4, 0.5) is 5.69 Å². The summed E-state index contributed by atoms with van der Waals surface area (Å²) >= 11 is 0. The van der Waals surface area contributed by atoms with Crippen molar-refractivity contribution < 1.29 is 4.79 Å². The predicted octanol–water partition coefficient (Wildman–Crippen LogP) is -0.579. The highest BCUT2D eigenvalue weighted by Gasteiger charge is 2.04. The molecule has 0 aliphatic rings. The van der Waals surface area contributed by atoms with E-state index < -0.39 is 0 Å². The second-order valence-electron chi connectivity index (χ2n) is 2.94. The Balaban J connectivity index is 2.78. The lowest BCUT2D eigenvalue weighted by molar-refractivity contribution is -0.121. The third-order valence-electron chi connectivity index (χ3n) is 1.83.